The summed E-state index contributed by atoms with van der Waals surface area (Å²) in [5.74, 6) is -2.52. The van der Waals surface area contributed by atoms with Gasteiger partial charge in [-0.2, -0.15) is 0 Å². The fraction of sp³-hybridized carbons (Fsp3) is 0.600. The molecule has 0 bridgehead atoms. The van der Waals surface area contributed by atoms with Crippen molar-refractivity contribution in [3.05, 3.63) is 34.9 Å². The summed E-state index contributed by atoms with van der Waals surface area (Å²) in [5.41, 5.74) is 1.82. The van der Waals surface area contributed by atoms with E-state index >= 15 is 0 Å². The average Bonchev–Trinajstić information content (AvgIpc) is 2.45. The predicted molar refractivity (Wildman–Crippen MR) is 98.5 cm³/mol. The number of nitrogens with zero attached hydrogens (tertiary/aromatic N) is 1. The maximum absolute atomic E-state index is 9.28. The molecule has 0 aromatic heterocycles. The smallest absolute Gasteiger partial charge is 0.0470 e. The van der Waals surface area contributed by atoms with E-state index in [0.29, 0.717) is 11.5 Å². The normalized spacial score (nSPS) is 16.4. The van der Waals surface area contributed by atoms with E-state index in [4.69, 9.17) is 11.6 Å². The molecule has 0 spiro atoms. The Balaban J connectivity index is 0.000000412. The molecule has 0 amide bonds. The van der Waals surface area contributed by atoms with E-state index in [0.717, 1.165) is 10.9 Å². The third kappa shape index (κ3) is 6.29. The summed E-state index contributed by atoms with van der Waals surface area (Å²) in [4.78, 5) is 21.0. The SMILES string of the molecule is CC(C)CC(N(C)C)C1(c2ccc(Cl)cc2)CCC1.O=C([O-])CC(=O)[O-]. The van der Waals surface area contributed by atoms with Crippen LogP contribution in [0.15, 0.2) is 24.3 Å². The molecule has 0 N–H and O–H groups in total. The van der Waals surface area contributed by atoms with Gasteiger partial charge < -0.3 is 24.7 Å². The van der Waals surface area contributed by atoms with Crippen LogP contribution in [0.1, 0.15) is 51.5 Å². The number of halogens is 1. The molecular weight excluding hydrogens is 354 g/mol. The first-order valence-electron chi connectivity index (χ1n) is 8.90. The third-order valence-corrected chi connectivity index (χ3v) is 5.16. The van der Waals surface area contributed by atoms with Crippen molar-refractivity contribution in [2.75, 3.05) is 14.1 Å². The Bertz CT molecular complexity index is 582. The third-order valence-electron chi connectivity index (χ3n) is 4.91. The first-order valence-corrected chi connectivity index (χ1v) is 9.28. The highest BCUT2D eigenvalue weighted by atomic mass is 35.5. The number of benzene rings is 1. The summed E-state index contributed by atoms with van der Waals surface area (Å²) < 4.78 is 0. The maximum Gasteiger partial charge on any atom is 0.0470 e. The number of carboxylic acid groups (broad SMARTS) is 2. The molecule has 146 valence electrons. The Morgan fingerprint density at radius 2 is 1.62 bits per heavy atom. The van der Waals surface area contributed by atoms with Crippen LogP contribution in [-0.4, -0.2) is 37.0 Å². The second-order valence-corrected chi connectivity index (χ2v) is 7.98. The summed E-state index contributed by atoms with van der Waals surface area (Å²) in [5, 5.41) is 19.4. The molecule has 0 radical (unpaired) electrons. The first-order chi connectivity index (χ1) is 12.1. The summed E-state index contributed by atoms with van der Waals surface area (Å²) in [6.07, 6.45) is 4.20. The van der Waals surface area contributed by atoms with Crippen LogP contribution in [0.5, 0.6) is 0 Å². The van der Waals surface area contributed by atoms with Gasteiger partial charge in [0.05, 0.1) is 0 Å². The van der Waals surface area contributed by atoms with Crippen molar-refractivity contribution in [2.45, 2.75) is 57.4 Å². The zero-order valence-electron chi connectivity index (χ0n) is 16.0. The van der Waals surface area contributed by atoms with Crippen molar-refractivity contribution in [3.63, 3.8) is 0 Å². The summed E-state index contributed by atoms with van der Waals surface area (Å²) >= 11 is 6.04. The zero-order chi connectivity index (χ0) is 19.9. The molecule has 1 aliphatic carbocycles. The Morgan fingerprint density at radius 3 is 1.88 bits per heavy atom. The van der Waals surface area contributed by atoms with Gasteiger partial charge in [0.25, 0.3) is 0 Å². The van der Waals surface area contributed by atoms with Gasteiger partial charge in [-0.05, 0) is 57.0 Å². The van der Waals surface area contributed by atoms with Crippen molar-refractivity contribution in [1.29, 1.82) is 0 Å². The molecular formula is C20H28ClNO4-2. The monoisotopic (exact) mass is 381 g/mol. The molecule has 1 atom stereocenters. The molecule has 2 rings (SSSR count). The minimum Gasteiger partial charge on any atom is -0.550 e. The fourth-order valence-corrected chi connectivity index (χ4v) is 3.77. The number of carbonyl (C=O) groups is 2. The van der Waals surface area contributed by atoms with Crippen molar-refractivity contribution in [2.24, 2.45) is 5.92 Å². The molecule has 5 nitrogen and oxygen atoms in total. The number of aliphatic carboxylic acids is 2. The highest BCUT2D eigenvalue weighted by Gasteiger charge is 2.46. The van der Waals surface area contributed by atoms with Crippen LogP contribution in [0.2, 0.25) is 5.02 Å². The zero-order valence-corrected chi connectivity index (χ0v) is 16.7. The first kappa shape index (κ1) is 22.5. The van der Waals surface area contributed by atoms with Crippen molar-refractivity contribution >= 4 is 23.5 Å². The van der Waals surface area contributed by atoms with Gasteiger partial charge in [-0.3, -0.25) is 0 Å². The number of rotatable bonds is 7. The molecule has 0 heterocycles. The Hall–Kier alpha value is -1.59. The molecule has 1 unspecified atom stereocenters. The lowest BCUT2D eigenvalue weighted by molar-refractivity contribution is -0.322. The summed E-state index contributed by atoms with van der Waals surface area (Å²) in [6, 6.07) is 9.18. The van der Waals surface area contributed by atoms with Crippen LogP contribution in [0.3, 0.4) is 0 Å². The van der Waals surface area contributed by atoms with E-state index in [2.05, 4.69) is 45.0 Å². The van der Waals surface area contributed by atoms with Crippen molar-refractivity contribution in [3.8, 4) is 0 Å². The molecule has 0 saturated heterocycles. The van der Waals surface area contributed by atoms with Crippen LogP contribution >= 0.6 is 11.6 Å². The topological polar surface area (TPSA) is 83.5 Å². The molecule has 1 aliphatic rings. The van der Waals surface area contributed by atoms with Gasteiger partial charge in [-0.25, -0.2) is 0 Å². The second-order valence-electron chi connectivity index (χ2n) is 7.55. The summed E-state index contributed by atoms with van der Waals surface area (Å²) in [7, 11) is 4.45. The minimum absolute atomic E-state index is 0.346. The predicted octanol–water partition coefficient (Wildman–Crippen LogP) is 1.61. The van der Waals surface area contributed by atoms with Gasteiger partial charge in [0.15, 0.2) is 0 Å². The average molecular weight is 382 g/mol. The van der Waals surface area contributed by atoms with Crippen molar-refractivity contribution in [1.82, 2.24) is 4.90 Å². The van der Waals surface area contributed by atoms with E-state index in [9.17, 15) is 19.8 Å². The molecule has 26 heavy (non-hydrogen) atoms. The van der Waals surface area contributed by atoms with Gasteiger partial charge >= 0.3 is 0 Å². The van der Waals surface area contributed by atoms with Crippen LogP contribution in [0, 0.1) is 5.92 Å². The number of likely N-dealkylation sites (N-methyl/N-ethyl adjacent to an activating group) is 1. The van der Waals surface area contributed by atoms with Gasteiger partial charge in [0.2, 0.25) is 0 Å². The molecule has 1 fully saturated rings. The highest BCUT2D eigenvalue weighted by Crippen LogP contribution is 2.49. The molecule has 6 heteroatoms. The minimum atomic E-state index is -1.63. The number of carbonyl (C=O) groups excluding carboxylic acids is 2. The largest absolute Gasteiger partial charge is 0.550 e. The van der Waals surface area contributed by atoms with Crippen LogP contribution < -0.4 is 10.2 Å². The lowest BCUT2D eigenvalue weighted by atomic mass is 9.58. The number of carboxylic acids is 2. The van der Waals surface area contributed by atoms with E-state index in [1.54, 1.807) is 0 Å². The van der Waals surface area contributed by atoms with Crippen LogP contribution in [-0.2, 0) is 15.0 Å². The lowest BCUT2D eigenvalue weighted by Crippen LogP contribution is -2.52. The van der Waals surface area contributed by atoms with E-state index in [1.807, 2.05) is 12.1 Å². The van der Waals surface area contributed by atoms with Crippen LogP contribution in [0.25, 0.3) is 0 Å². The summed E-state index contributed by atoms with van der Waals surface area (Å²) in [6.45, 7) is 4.65. The van der Waals surface area contributed by atoms with E-state index in [-0.39, 0.29) is 0 Å². The van der Waals surface area contributed by atoms with Crippen LogP contribution in [0.4, 0.5) is 0 Å². The lowest BCUT2D eigenvalue weighted by Gasteiger charge is -2.51. The maximum atomic E-state index is 9.28. The van der Waals surface area contributed by atoms with Crippen molar-refractivity contribution < 1.29 is 19.8 Å². The molecule has 1 aromatic rings. The van der Waals surface area contributed by atoms with Gasteiger partial charge in [0, 0.05) is 34.8 Å². The van der Waals surface area contributed by atoms with Gasteiger partial charge in [-0.15, -0.1) is 0 Å². The quantitative estimate of drug-likeness (QED) is 0.670. The Kier molecular flexibility index (Phi) is 8.57. The number of hydrogen-bond donors (Lipinski definition) is 0. The standard InChI is InChI=1S/C17H26ClN.C3H4O4/c1-13(2)12-16(19(3)4)17(10-5-11-17)14-6-8-15(18)9-7-14;4-2(5)1-3(6)7/h6-9,13,16H,5,10-12H2,1-4H3;1H2,(H,4,5)(H,6,7)/p-2. The molecule has 1 saturated carbocycles. The van der Waals surface area contributed by atoms with Gasteiger partial charge in [0.1, 0.15) is 0 Å². The second kappa shape index (κ2) is 9.93. The molecule has 1 aromatic carbocycles. The highest BCUT2D eigenvalue weighted by molar-refractivity contribution is 6.30. The van der Waals surface area contributed by atoms with E-state index < -0.39 is 18.4 Å². The number of hydrogen-bond acceptors (Lipinski definition) is 5. The Labute approximate surface area is 161 Å². The Morgan fingerprint density at radius 1 is 1.12 bits per heavy atom. The molecule has 0 aliphatic heterocycles. The van der Waals surface area contributed by atoms with Gasteiger partial charge in [-0.1, -0.05) is 44.0 Å². The van der Waals surface area contributed by atoms with E-state index in [1.165, 1.54) is 31.2 Å². The fourth-order valence-electron chi connectivity index (χ4n) is 3.65.